The highest BCUT2D eigenvalue weighted by Crippen LogP contribution is 2.26. The summed E-state index contributed by atoms with van der Waals surface area (Å²) in [5.41, 5.74) is 0.562. The summed E-state index contributed by atoms with van der Waals surface area (Å²) in [7, 11) is 1.77. The molecule has 0 radical (unpaired) electrons. The Morgan fingerprint density at radius 2 is 2.19 bits per heavy atom. The van der Waals surface area contributed by atoms with Crippen LogP contribution in [0.4, 0.5) is 4.39 Å². The molecule has 0 saturated carbocycles. The maximum absolute atomic E-state index is 13.7. The molecule has 0 spiro atoms. The summed E-state index contributed by atoms with van der Waals surface area (Å²) >= 11 is 3.33. The number of hydrogen-bond acceptors (Lipinski definition) is 2. The van der Waals surface area contributed by atoms with Crippen LogP contribution in [0.5, 0.6) is 0 Å². The standard InChI is InChI=1S/C12H11BrFNO/c1-15-12(11-3-2-6-16-11)9-7-8(13)4-5-10(9)14/h2-7,12,15H,1H3. The minimum atomic E-state index is -0.271. The van der Waals surface area contributed by atoms with E-state index in [9.17, 15) is 4.39 Å². The first-order valence-corrected chi connectivity index (χ1v) is 5.67. The van der Waals surface area contributed by atoms with Crippen LogP contribution in [0.2, 0.25) is 0 Å². The van der Waals surface area contributed by atoms with Gasteiger partial charge >= 0.3 is 0 Å². The maximum Gasteiger partial charge on any atom is 0.128 e. The van der Waals surface area contributed by atoms with Crippen LogP contribution in [-0.2, 0) is 0 Å². The van der Waals surface area contributed by atoms with Crippen molar-refractivity contribution < 1.29 is 8.81 Å². The van der Waals surface area contributed by atoms with Gasteiger partial charge in [0.25, 0.3) is 0 Å². The SMILES string of the molecule is CNC(c1ccco1)c1cc(Br)ccc1F. The number of furan rings is 1. The van der Waals surface area contributed by atoms with Crippen LogP contribution < -0.4 is 5.32 Å². The van der Waals surface area contributed by atoms with Crippen molar-refractivity contribution in [2.45, 2.75) is 6.04 Å². The Bertz CT molecular complexity index is 470. The van der Waals surface area contributed by atoms with E-state index in [0.717, 1.165) is 4.47 Å². The van der Waals surface area contributed by atoms with Crippen molar-refractivity contribution in [3.63, 3.8) is 0 Å². The Morgan fingerprint density at radius 3 is 2.81 bits per heavy atom. The summed E-state index contributed by atoms with van der Waals surface area (Å²) in [5.74, 6) is 0.443. The molecule has 2 rings (SSSR count). The van der Waals surface area contributed by atoms with Gasteiger partial charge in [0.2, 0.25) is 0 Å². The van der Waals surface area contributed by atoms with Gasteiger partial charge < -0.3 is 9.73 Å². The van der Waals surface area contributed by atoms with Crippen molar-refractivity contribution in [1.29, 1.82) is 0 Å². The lowest BCUT2D eigenvalue weighted by Crippen LogP contribution is -2.18. The van der Waals surface area contributed by atoms with E-state index in [2.05, 4.69) is 21.2 Å². The molecule has 1 unspecified atom stereocenters. The van der Waals surface area contributed by atoms with Crippen LogP contribution >= 0.6 is 15.9 Å². The highest BCUT2D eigenvalue weighted by Gasteiger charge is 2.18. The first-order valence-electron chi connectivity index (χ1n) is 4.88. The van der Waals surface area contributed by atoms with Crippen LogP contribution in [0.25, 0.3) is 0 Å². The van der Waals surface area contributed by atoms with Crippen molar-refractivity contribution >= 4 is 15.9 Å². The zero-order valence-corrected chi connectivity index (χ0v) is 10.3. The summed E-state index contributed by atoms with van der Waals surface area (Å²) in [6.07, 6.45) is 1.58. The number of hydrogen-bond donors (Lipinski definition) is 1. The van der Waals surface area contributed by atoms with E-state index in [0.29, 0.717) is 11.3 Å². The van der Waals surface area contributed by atoms with Gasteiger partial charge in [-0.2, -0.15) is 0 Å². The second-order valence-corrected chi connectivity index (χ2v) is 4.32. The molecule has 2 aromatic rings. The summed E-state index contributed by atoms with van der Waals surface area (Å²) in [6.45, 7) is 0. The third-order valence-electron chi connectivity index (χ3n) is 2.39. The van der Waals surface area contributed by atoms with Gasteiger partial charge in [0.15, 0.2) is 0 Å². The molecule has 4 heteroatoms. The largest absolute Gasteiger partial charge is 0.467 e. The molecule has 0 amide bonds. The molecule has 0 aliphatic rings. The average molecular weight is 284 g/mol. The Hall–Kier alpha value is -1.13. The molecule has 1 aromatic carbocycles. The summed E-state index contributed by atoms with van der Waals surface area (Å²) in [5, 5.41) is 3.03. The fraction of sp³-hybridized carbons (Fsp3) is 0.167. The molecular formula is C12H11BrFNO. The fourth-order valence-corrected chi connectivity index (χ4v) is 2.02. The second-order valence-electron chi connectivity index (χ2n) is 3.40. The average Bonchev–Trinajstić information content (AvgIpc) is 2.78. The fourth-order valence-electron chi connectivity index (χ4n) is 1.64. The molecular weight excluding hydrogens is 273 g/mol. The minimum absolute atomic E-state index is 0.251. The summed E-state index contributed by atoms with van der Waals surface area (Å²) in [4.78, 5) is 0. The van der Waals surface area contributed by atoms with Gasteiger partial charge in [-0.1, -0.05) is 15.9 Å². The maximum atomic E-state index is 13.7. The van der Waals surface area contributed by atoms with Crippen LogP contribution in [0.15, 0.2) is 45.5 Å². The number of benzene rings is 1. The topological polar surface area (TPSA) is 25.2 Å². The molecule has 84 valence electrons. The molecule has 0 saturated heterocycles. The monoisotopic (exact) mass is 283 g/mol. The van der Waals surface area contributed by atoms with Crippen molar-refractivity contribution in [3.8, 4) is 0 Å². The van der Waals surface area contributed by atoms with Gasteiger partial charge in [0, 0.05) is 10.0 Å². The van der Waals surface area contributed by atoms with Gasteiger partial charge in [-0.15, -0.1) is 0 Å². The summed E-state index contributed by atoms with van der Waals surface area (Å²) in [6, 6.07) is 8.20. The van der Waals surface area contributed by atoms with E-state index in [1.165, 1.54) is 6.07 Å². The smallest absolute Gasteiger partial charge is 0.128 e. The molecule has 0 aliphatic carbocycles. The van der Waals surface area contributed by atoms with Crippen LogP contribution in [0.3, 0.4) is 0 Å². The predicted octanol–water partition coefficient (Wildman–Crippen LogP) is 3.49. The first-order chi connectivity index (χ1) is 7.72. The van der Waals surface area contributed by atoms with E-state index in [-0.39, 0.29) is 11.9 Å². The minimum Gasteiger partial charge on any atom is -0.467 e. The lowest BCUT2D eigenvalue weighted by atomic mass is 10.0. The lowest BCUT2D eigenvalue weighted by Gasteiger charge is -2.15. The van der Waals surface area contributed by atoms with Crippen LogP contribution in [0, 0.1) is 5.82 Å². The van der Waals surface area contributed by atoms with Gasteiger partial charge in [0.1, 0.15) is 11.6 Å². The van der Waals surface area contributed by atoms with E-state index in [1.54, 1.807) is 31.5 Å². The van der Waals surface area contributed by atoms with Crippen molar-refractivity contribution in [2.24, 2.45) is 0 Å². The van der Waals surface area contributed by atoms with Crippen LogP contribution in [-0.4, -0.2) is 7.05 Å². The van der Waals surface area contributed by atoms with E-state index in [4.69, 9.17) is 4.42 Å². The highest BCUT2D eigenvalue weighted by molar-refractivity contribution is 9.10. The third kappa shape index (κ3) is 2.18. The molecule has 1 atom stereocenters. The van der Waals surface area contributed by atoms with E-state index < -0.39 is 0 Å². The number of halogens is 2. The van der Waals surface area contributed by atoms with Crippen molar-refractivity contribution in [3.05, 3.63) is 58.2 Å². The van der Waals surface area contributed by atoms with E-state index >= 15 is 0 Å². The molecule has 0 aliphatic heterocycles. The lowest BCUT2D eigenvalue weighted by molar-refractivity contribution is 0.452. The zero-order chi connectivity index (χ0) is 11.5. The zero-order valence-electron chi connectivity index (χ0n) is 8.71. The third-order valence-corrected chi connectivity index (χ3v) is 2.88. The van der Waals surface area contributed by atoms with Gasteiger partial charge in [0.05, 0.1) is 12.3 Å². The Labute approximate surface area is 102 Å². The Morgan fingerprint density at radius 1 is 1.38 bits per heavy atom. The molecule has 1 heterocycles. The van der Waals surface area contributed by atoms with Gasteiger partial charge in [-0.3, -0.25) is 0 Å². The summed E-state index contributed by atoms with van der Waals surface area (Å²) < 4.78 is 19.8. The quantitative estimate of drug-likeness (QED) is 0.933. The Balaban J connectivity index is 2.44. The predicted molar refractivity (Wildman–Crippen MR) is 63.7 cm³/mol. The van der Waals surface area contributed by atoms with Gasteiger partial charge in [-0.05, 0) is 37.4 Å². The number of rotatable bonds is 3. The Kier molecular flexibility index (Phi) is 3.41. The molecule has 0 bridgehead atoms. The molecule has 16 heavy (non-hydrogen) atoms. The number of nitrogens with one attached hydrogen (secondary N) is 1. The molecule has 1 N–H and O–H groups in total. The van der Waals surface area contributed by atoms with Crippen molar-refractivity contribution in [2.75, 3.05) is 7.05 Å². The molecule has 2 nitrogen and oxygen atoms in total. The molecule has 1 aromatic heterocycles. The highest BCUT2D eigenvalue weighted by atomic mass is 79.9. The van der Waals surface area contributed by atoms with Gasteiger partial charge in [-0.25, -0.2) is 4.39 Å². The first kappa shape index (κ1) is 11.4. The van der Waals surface area contributed by atoms with Crippen molar-refractivity contribution in [1.82, 2.24) is 5.32 Å². The van der Waals surface area contributed by atoms with E-state index in [1.807, 2.05) is 6.07 Å². The van der Waals surface area contributed by atoms with Crippen LogP contribution in [0.1, 0.15) is 17.4 Å². The normalized spacial score (nSPS) is 12.7. The second kappa shape index (κ2) is 4.80. The molecule has 0 fully saturated rings.